The Balaban J connectivity index is 2.05. The van der Waals surface area contributed by atoms with E-state index in [9.17, 15) is 0 Å². The number of nitrogens with zero attached hydrogens (tertiary/aromatic N) is 1. The number of allylic oxidation sites excluding steroid dienone is 3. The Kier molecular flexibility index (Phi) is 7.02. The van der Waals surface area contributed by atoms with Crippen molar-refractivity contribution in [1.29, 1.82) is 0 Å². The number of hydrogen-bond acceptors (Lipinski definition) is 1. The summed E-state index contributed by atoms with van der Waals surface area (Å²) in [6.07, 6.45) is 10.3. The second-order valence-electron chi connectivity index (χ2n) is 7.41. The summed E-state index contributed by atoms with van der Waals surface area (Å²) in [6.45, 7) is 12.3. The van der Waals surface area contributed by atoms with E-state index in [4.69, 9.17) is 0 Å². The molecule has 0 fully saturated rings. The molecule has 0 spiro atoms. The molecular formula is C23H33N. The van der Waals surface area contributed by atoms with Gasteiger partial charge in [0.1, 0.15) is 0 Å². The van der Waals surface area contributed by atoms with Gasteiger partial charge in [0.25, 0.3) is 0 Å². The van der Waals surface area contributed by atoms with E-state index in [1.165, 1.54) is 23.1 Å². The third kappa shape index (κ3) is 5.19. The zero-order valence-electron chi connectivity index (χ0n) is 16.0. The van der Waals surface area contributed by atoms with Gasteiger partial charge >= 0.3 is 0 Å². The molecule has 1 heterocycles. The first-order valence-electron chi connectivity index (χ1n) is 9.43. The van der Waals surface area contributed by atoms with Crippen molar-refractivity contribution in [2.24, 2.45) is 22.7 Å². The Labute approximate surface area is 148 Å². The summed E-state index contributed by atoms with van der Waals surface area (Å²) in [5, 5.41) is 0. The van der Waals surface area contributed by atoms with Crippen molar-refractivity contribution in [3.05, 3.63) is 58.7 Å². The van der Waals surface area contributed by atoms with E-state index < -0.39 is 0 Å². The number of benzene rings is 1. The van der Waals surface area contributed by atoms with Crippen LogP contribution in [0.4, 0.5) is 0 Å². The van der Waals surface area contributed by atoms with Gasteiger partial charge in [-0.15, -0.1) is 0 Å². The van der Waals surface area contributed by atoms with Gasteiger partial charge in [-0.25, -0.2) is 0 Å². The molecule has 3 unspecified atom stereocenters. The number of aliphatic imine (C=N–C) groups is 1. The predicted molar refractivity (Wildman–Crippen MR) is 107 cm³/mol. The van der Waals surface area contributed by atoms with Crippen molar-refractivity contribution in [3.63, 3.8) is 0 Å². The predicted octanol–water partition coefficient (Wildman–Crippen LogP) is 6.18. The lowest BCUT2D eigenvalue weighted by atomic mass is 9.79. The Bertz CT molecular complexity index is 603. The molecule has 1 heteroatoms. The fourth-order valence-electron chi connectivity index (χ4n) is 3.74. The van der Waals surface area contributed by atoms with Crippen molar-refractivity contribution < 1.29 is 0 Å². The average molecular weight is 324 g/mol. The van der Waals surface area contributed by atoms with Crippen LogP contribution >= 0.6 is 0 Å². The summed E-state index contributed by atoms with van der Waals surface area (Å²) in [7, 11) is 0. The molecule has 3 atom stereocenters. The molecule has 24 heavy (non-hydrogen) atoms. The molecule has 0 saturated heterocycles. The maximum atomic E-state index is 4.47. The van der Waals surface area contributed by atoms with Crippen molar-refractivity contribution in [2.45, 2.75) is 53.9 Å². The molecule has 2 rings (SSSR count). The van der Waals surface area contributed by atoms with Gasteiger partial charge in [0.2, 0.25) is 0 Å². The zero-order chi connectivity index (χ0) is 17.5. The molecule has 0 radical (unpaired) electrons. The van der Waals surface area contributed by atoms with Gasteiger partial charge in [-0.3, -0.25) is 4.99 Å². The minimum Gasteiger partial charge on any atom is -0.293 e. The van der Waals surface area contributed by atoms with Gasteiger partial charge in [-0.1, -0.05) is 73.9 Å². The largest absolute Gasteiger partial charge is 0.293 e. The van der Waals surface area contributed by atoms with Crippen LogP contribution in [0.3, 0.4) is 0 Å². The number of dihydropyridines is 1. The third-order valence-corrected chi connectivity index (χ3v) is 5.24. The molecule has 0 amide bonds. The van der Waals surface area contributed by atoms with E-state index in [1.54, 1.807) is 5.57 Å². The first-order chi connectivity index (χ1) is 11.5. The Morgan fingerprint density at radius 2 is 1.88 bits per heavy atom. The van der Waals surface area contributed by atoms with Gasteiger partial charge < -0.3 is 0 Å². The van der Waals surface area contributed by atoms with Crippen LogP contribution in [0.2, 0.25) is 0 Å². The van der Waals surface area contributed by atoms with Crippen LogP contribution in [-0.2, 0) is 6.42 Å². The Morgan fingerprint density at radius 3 is 2.50 bits per heavy atom. The average Bonchev–Trinajstić information content (AvgIpc) is 2.56. The molecule has 0 saturated carbocycles. The summed E-state index contributed by atoms with van der Waals surface area (Å²) in [4.78, 5) is 4.47. The first kappa shape index (κ1) is 18.7. The van der Waals surface area contributed by atoms with Gasteiger partial charge in [0, 0.05) is 12.1 Å². The quantitative estimate of drug-likeness (QED) is 0.531. The van der Waals surface area contributed by atoms with E-state index in [0.29, 0.717) is 17.8 Å². The van der Waals surface area contributed by atoms with Gasteiger partial charge in [-0.05, 0) is 50.5 Å². The van der Waals surface area contributed by atoms with Crippen LogP contribution in [0.1, 0.15) is 51.7 Å². The molecular weight excluding hydrogens is 290 g/mol. The van der Waals surface area contributed by atoms with Crippen LogP contribution in [0.5, 0.6) is 0 Å². The van der Waals surface area contributed by atoms with E-state index >= 15 is 0 Å². The molecule has 130 valence electrons. The molecule has 1 aliphatic heterocycles. The monoisotopic (exact) mass is 323 g/mol. The molecule has 1 aromatic carbocycles. The van der Waals surface area contributed by atoms with Crippen molar-refractivity contribution >= 4 is 6.21 Å². The highest BCUT2D eigenvalue weighted by Crippen LogP contribution is 2.31. The molecule has 0 aromatic heterocycles. The maximum Gasteiger partial charge on any atom is 0.0569 e. The lowest BCUT2D eigenvalue weighted by Crippen LogP contribution is -2.17. The van der Waals surface area contributed by atoms with E-state index in [0.717, 1.165) is 19.4 Å². The summed E-state index contributed by atoms with van der Waals surface area (Å²) < 4.78 is 0. The molecule has 0 bridgehead atoms. The van der Waals surface area contributed by atoms with E-state index in [-0.39, 0.29) is 0 Å². The Hall–Kier alpha value is -1.63. The van der Waals surface area contributed by atoms with Gasteiger partial charge in [0.15, 0.2) is 0 Å². The summed E-state index contributed by atoms with van der Waals surface area (Å²) in [5.74, 6) is 1.70. The lowest BCUT2D eigenvalue weighted by molar-refractivity contribution is 0.491. The standard InChI is InChI=1S/C23H33N/c1-6-7-23(19(4)14-21-10-8-17(2)9-11-21)20(5)15-22-16-24-13-12-18(22)3/h7-12,16,19-20,22H,6,13-15H2,1-5H3/b23-7+. The highest BCUT2D eigenvalue weighted by Gasteiger charge is 2.21. The van der Waals surface area contributed by atoms with Gasteiger partial charge in [-0.2, -0.15) is 0 Å². The molecule has 0 N–H and O–H groups in total. The van der Waals surface area contributed by atoms with Gasteiger partial charge in [0.05, 0.1) is 6.54 Å². The van der Waals surface area contributed by atoms with E-state index in [2.05, 4.69) is 82.2 Å². The van der Waals surface area contributed by atoms with Crippen LogP contribution in [0.25, 0.3) is 0 Å². The van der Waals surface area contributed by atoms with Crippen LogP contribution in [0.15, 0.2) is 52.6 Å². The fourth-order valence-corrected chi connectivity index (χ4v) is 3.74. The number of aryl methyl sites for hydroxylation is 1. The van der Waals surface area contributed by atoms with Crippen molar-refractivity contribution in [1.82, 2.24) is 0 Å². The van der Waals surface area contributed by atoms with E-state index in [1.807, 2.05) is 0 Å². The molecule has 1 aromatic rings. The highest BCUT2D eigenvalue weighted by molar-refractivity contribution is 5.66. The zero-order valence-corrected chi connectivity index (χ0v) is 16.0. The fraction of sp³-hybridized carbons (Fsp3) is 0.522. The lowest BCUT2D eigenvalue weighted by Gasteiger charge is -2.26. The summed E-state index contributed by atoms with van der Waals surface area (Å²) in [5.41, 5.74) is 5.88. The molecule has 0 aliphatic carbocycles. The normalized spacial score (nSPS) is 20.6. The minimum absolute atomic E-state index is 0.514. The van der Waals surface area contributed by atoms with Crippen molar-refractivity contribution in [3.8, 4) is 0 Å². The SMILES string of the molecule is CC/C=C(\C(C)Cc1ccc(C)cc1)C(C)CC1C=NCC=C1C. The molecule has 1 aliphatic rings. The van der Waals surface area contributed by atoms with Crippen molar-refractivity contribution in [2.75, 3.05) is 6.54 Å². The minimum atomic E-state index is 0.514. The Morgan fingerprint density at radius 1 is 1.17 bits per heavy atom. The van der Waals surface area contributed by atoms with Crippen LogP contribution < -0.4 is 0 Å². The summed E-state index contributed by atoms with van der Waals surface area (Å²) >= 11 is 0. The smallest absolute Gasteiger partial charge is 0.0569 e. The third-order valence-electron chi connectivity index (χ3n) is 5.24. The second-order valence-corrected chi connectivity index (χ2v) is 7.41. The summed E-state index contributed by atoms with van der Waals surface area (Å²) in [6, 6.07) is 9.00. The van der Waals surface area contributed by atoms with Crippen LogP contribution in [-0.4, -0.2) is 12.8 Å². The number of hydrogen-bond donors (Lipinski definition) is 0. The van der Waals surface area contributed by atoms with Crippen LogP contribution in [0, 0.1) is 24.7 Å². The number of rotatable bonds is 7. The second kappa shape index (κ2) is 9.01. The first-order valence-corrected chi connectivity index (χ1v) is 9.43. The maximum absolute atomic E-state index is 4.47. The molecule has 1 nitrogen and oxygen atoms in total. The topological polar surface area (TPSA) is 12.4 Å². The highest BCUT2D eigenvalue weighted by atomic mass is 14.7.